The number of aromatic nitrogens is 5. The van der Waals surface area contributed by atoms with Crippen molar-refractivity contribution < 1.29 is 22.7 Å². The molecule has 0 aliphatic heterocycles. The van der Waals surface area contributed by atoms with E-state index in [2.05, 4.69) is 25.7 Å². The molecule has 3 aromatic heterocycles. The minimum atomic E-state index is -4.61. The van der Waals surface area contributed by atoms with Crippen LogP contribution in [0.2, 0.25) is 0 Å². The predicted octanol–water partition coefficient (Wildman–Crippen LogP) is 3.47. The first-order chi connectivity index (χ1) is 17.8. The first kappa shape index (κ1) is 26.1. The molecule has 0 spiro atoms. The van der Waals surface area contributed by atoms with Crippen LogP contribution in [0.5, 0.6) is 0 Å². The number of carbonyl (C=O) groups excluding carboxylic acids is 1. The highest BCUT2D eigenvalue weighted by Gasteiger charge is 2.38. The van der Waals surface area contributed by atoms with E-state index in [0.29, 0.717) is 62.0 Å². The fourth-order valence-corrected chi connectivity index (χ4v) is 3.73. The minimum absolute atomic E-state index is 0.0607. The summed E-state index contributed by atoms with van der Waals surface area (Å²) in [6, 6.07) is 6.69. The fourth-order valence-electron chi connectivity index (χ4n) is 3.73. The zero-order valence-corrected chi connectivity index (χ0v) is 20.1. The van der Waals surface area contributed by atoms with Crippen molar-refractivity contribution in [2.45, 2.75) is 26.1 Å². The molecule has 0 bridgehead atoms. The Balaban J connectivity index is 1.53. The Morgan fingerprint density at radius 1 is 1.16 bits per heavy atom. The number of anilines is 2. The molecule has 0 radical (unpaired) electrons. The summed E-state index contributed by atoms with van der Waals surface area (Å²) in [7, 11) is 0. The lowest BCUT2D eigenvalue weighted by Crippen LogP contribution is -2.27. The Morgan fingerprint density at radius 2 is 1.95 bits per heavy atom. The van der Waals surface area contributed by atoms with E-state index in [-0.39, 0.29) is 17.2 Å². The molecule has 4 N–H and O–H groups in total. The number of nitrogens with one attached hydrogen (secondary N) is 2. The van der Waals surface area contributed by atoms with Crippen LogP contribution in [0.4, 0.5) is 24.7 Å². The number of rotatable bonds is 11. The average molecular weight is 517 g/mol. The minimum Gasteiger partial charge on any atom is -0.378 e. The van der Waals surface area contributed by atoms with Gasteiger partial charge in [-0.1, -0.05) is 6.92 Å². The van der Waals surface area contributed by atoms with E-state index in [1.54, 1.807) is 30.5 Å². The molecule has 0 aliphatic carbocycles. The molecule has 0 atom stereocenters. The maximum atomic E-state index is 13.7. The van der Waals surface area contributed by atoms with E-state index in [1.165, 1.54) is 27.7 Å². The van der Waals surface area contributed by atoms with Crippen LogP contribution in [0.15, 0.2) is 49.1 Å². The number of hydrogen-bond acceptors (Lipinski definition) is 7. The molecule has 13 heteroatoms. The molecule has 10 nitrogen and oxygen atoms in total. The van der Waals surface area contributed by atoms with Gasteiger partial charge in [0.15, 0.2) is 17.2 Å². The highest BCUT2D eigenvalue weighted by atomic mass is 19.4. The number of amides is 1. The number of ether oxygens (including phenoxy) is 1. The standard InChI is InChI=1S/C24H27F3N8O2/c1-2-10-34-15-18(20(33-34)24(25,26)27)19-14-31-22-21(29-8-11-35(19)22)32-17-5-3-16(4-6-17)23(36)30-9-13-37-12-7-28/h3-6,8,11,14-15H,2,7,9-10,12-13,28H2,1H3,(H,29,32)(H,30,36). The van der Waals surface area contributed by atoms with Crippen LogP contribution < -0.4 is 16.4 Å². The van der Waals surface area contributed by atoms with Gasteiger partial charge >= 0.3 is 6.18 Å². The zero-order chi connectivity index (χ0) is 26.4. The van der Waals surface area contributed by atoms with Crippen LogP contribution in [0.25, 0.3) is 16.9 Å². The Hall–Kier alpha value is -3.97. The van der Waals surface area contributed by atoms with Gasteiger partial charge in [0, 0.05) is 49.5 Å². The van der Waals surface area contributed by atoms with Crippen LogP contribution in [0, 0.1) is 0 Å². The van der Waals surface area contributed by atoms with E-state index in [4.69, 9.17) is 10.5 Å². The maximum absolute atomic E-state index is 13.7. The van der Waals surface area contributed by atoms with Gasteiger partial charge in [-0.2, -0.15) is 18.3 Å². The summed E-state index contributed by atoms with van der Waals surface area (Å²) in [6.45, 7) is 3.81. The second-order valence-electron chi connectivity index (χ2n) is 8.12. The van der Waals surface area contributed by atoms with E-state index in [0.717, 1.165) is 0 Å². The monoisotopic (exact) mass is 516 g/mol. The largest absolute Gasteiger partial charge is 0.435 e. The number of aryl methyl sites for hydroxylation is 1. The van der Waals surface area contributed by atoms with Crippen molar-refractivity contribution >= 4 is 23.1 Å². The molecule has 3 heterocycles. The number of imidazole rings is 1. The normalized spacial score (nSPS) is 11.7. The number of fused-ring (bicyclic) bond motifs is 1. The average Bonchev–Trinajstić information content (AvgIpc) is 3.49. The number of nitrogens with two attached hydrogens (primary N) is 1. The van der Waals surface area contributed by atoms with Gasteiger partial charge in [-0.3, -0.25) is 13.9 Å². The van der Waals surface area contributed by atoms with Crippen molar-refractivity contribution in [3.05, 3.63) is 60.3 Å². The van der Waals surface area contributed by atoms with E-state index >= 15 is 0 Å². The molecule has 0 fully saturated rings. The van der Waals surface area contributed by atoms with Crippen LogP contribution in [-0.2, 0) is 17.5 Å². The van der Waals surface area contributed by atoms with Gasteiger partial charge in [0.05, 0.1) is 30.7 Å². The quantitative estimate of drug-likeness (QED) is 0.261. The summed E-state index contributed by atoms with van der Waals surface area (Å²) in [4.78, 5) is 20.9. The molecule has 1 aromatic carbocycles. The summed E-state index contributed by atoms with van der Waals surface area (Å²) in [5.41, 5.74) is 6.00. The van der Waals surface area contributed by atoms with Crippen LogP contribution in [-0.4, -0.2) is 56.4 Å². The Labute approximate surface area is 210 Å². The number of nitrogens with zero attached hydrogens (tertiary/aromatic N) is 5. The lowest BCUT2D eigenvalue weighted by atomic mass is 10.2. The summed E-state index contributed by atoms with van der Waals surface area (Å²) in [5, 5.41) is 9.62. The SMILES string of the molecule is CCCn1cc(-c2cnc3c(Nc4ccc(C(=O)NCCOCCN)cc4)nccn23)c(C(F)(F)F)n1. The molecule has 0 saturated carbocycles. The van der Waals surface area contributed by atoms with Gasteiger partial charge in [0.2, 0.25) is 0 Å². The third-order valence-electron chi connectivity index (χ3n) is 5.39. The summed E-state index contributed by atoms with van der Waals surface area (Å²) < 4.78 is 49.2. The topological polar surface area (TPSA) is 124 Å². The third-order valence-corrected chi connectivity index (χ3v) is 5.39. The first-order valence-corrected chi connectivity index (χ1v) is 11.7. The van der Waals surface area contributed by atoms with Crippen LogP contribution in [0.3, 0.4) is 0 Å². The van der Waals surface area contributed by atoms with Crippen LogP contribution >= 0.6 is 0 Å². The van der Waals surface area contributed by atoms with Crippen molar-refractivity contribution in [3.63, 3.8) is 0 Å². The molecule has 0 aliphatic rings. The molecule has 4 rings (SSSR count). The Kier molecular flexibility index (Phi) is 8.04. The van der Waals surface area contributed by atoms with Gasteiger partial charge in [0.25, 0.3) is 5.91 Å². The molecule has 37 heavy (non-hydrogen) atoms. The van der Waals surface area contributed by atoms with Crippen molar-refractivity contribution in [2.75, 3.05) is 31.6 Å². The Bertz CT molecular complexity index is 1350. The van der Waals surface area contributed by atoms with Crippen molar-refractivity contribution in [3.8, 4) is 11.3 Å². The number of carbonyl (C=O) groups is 1. The lowest BCUT2D eigenvalue weighted by Gasteiger charge is -2.10. The number of halogens is 3. The molecule has 0 unspecified atom stereocenters. The lowest BCUT2D eigenvalue weighted by molar-refractivity contribution is -0.141. The van der Waals surface area contributed by atoms with Gasteiger partial charge in [-0.15, -0.1) is 0 Å². The number of alkyl halides is 3. The second kappa shape index (κ2) is 11.4. The zero-order valence-electron chi connectivity index (χ0n) is 20.1. The summed E-state index contributed by atoms with van der Waals surface area (Å²) in [6.07, 6.45) is 1.81. The van der Waals surface area contributed by atoms with E-state index < -0.39 is 11.9 Å². The molecular formula is C24H27F3N8O2. The highest BCUT2D eigenvalue weighted by Crippen LogP contribution is 2.37. The second-order valence-corrected chi connectivity index (χ2v) is 8.12. The predicted molar refractivity (Wildman–Crippen MR) is 131 cm³/mol. The smallest absolute Gasteiger partial charge is 0.378 e. The maximum Gasteiger partial charge on any atom is 0.435 e. The highest BCUT2D eigenvalue weighted by molar-refractivity contribution is 5.94. The fraction of sp³-hybridized carbons (Fsp3) is 0.333. The third kappa shape index (κ3) is 6.06. The van der Waals surface area contributed by atoms with E-state index in [1.807, 2.05) is 6.92 Å². The molecule has 4 aromatic rings. The van der Waals surface area contributed by atoms with Gasteiger partial charge in [-0.25, -0.2) is 9.97 Å². The summed E-state index contributed by atoms with van der Waals surface area (Å²) >= 11 is 0. The van der Waals surface area contributed by atoms with Crippen molar-refractivity contribution in [1.82, 2.24) is 29.5 Å². The molecule has 0 saturated heterocycles. The van der Waals surface area contributed by atoms with E-state index in [9.17, 15) is 18.0 Å². The first-order valence-electron chi connectivity index (χ1n) is 11.7. The van der Waals surface area contributed by atoms with Crippen molar-refractivity contribution in [2.24, 2.45) is 5.73 Å². The molecular weight excluding hydrogens is 489 g/mol. The van der Waals surface area contributed by atoms with Crippen LogP contribution in [0.1, 0.15) is 29.4 Å². The Morgan fingerprint density at radius 3 is 2.65 bits per heavy atom. The van der Waals surface area contributed by atoms with Crippen molar-refractivity contribution in [1.29, 1.82) is 0 Å². The van der Waals surface area contributed by atoms with Gasteiger partial charge < -0.3 is 21.1 Å². The van der Waals surface area contributed by atoms with Gasteiger partial charge in [-0.05, 0) is 30.7 Å². The molecule has 1 amide bonds. The number of benzene rings is 1. The summed E-state index contributed by atoms with van der Waals surface area (Å²) in [5.74, 6) is 0.0997. The molecule has 196 valence electrons. The number of hydrogen-bond donors (Lipinski definition) is 3. The van der Waals surface area contributed by atoms with Gasteiger partial charge in [0.1, 0.15) is 0 Å².